The maximum absolute atomic E-state index is 11.9. The summed E-state index contributed by atoms with van der Waals surface area (Å²) in [7, 11) is 1.71. The number of urea groups is 1. The fraction of sp³-hybridized carbons (Fsp3) is 0.800. The van der Waals surface area contributed by atoms with Gasteiger partial charge in [0.2, 0.25) is 0 Å². The minimum Gasteiger partial charge on any atom is -0.479 e. The highest BCUT2D eigenvalue weighted by atomic mass is 16.5. The number of carboxylic acid groups (broad SMARTS) is 1. The predicted octanol–water partition coefficient (Wildman–Crippen LogP) is 0.232. The zero-order valence-corrected chi connectivity index (χ0v) is 9.84. The van der Waals surface area contributed by atoms with Crippen LogP contribution in [0.1, 0.15) is 13.8 Å². The maximum Gasteiger partial charge on any atom is 0.334 e. The Hall–Kier alpha value is -1.30. The summed E-state index contributed by atoms with van der Waals surface area (Å²) in [5.41, 5.74) is 0. The third kappa shape index (κ3) is 2.85. The van der Waals surface area contributed by atoms with E-state index in [9.17, 15) is 9.59 Å². The SMILES string of the molecule is CC(C)N(C)C(=O)N1CCOC(C(=O)O)C1. The number of morpholine rings is 1. The summed E-state index contributed by atoms with van der Waals surface area (Å²) in [6.07, 6.45) is -0.904. The molecule has 92 valence electrons. The summed E-state index contributed by atoms with van der Waals surface area (Å²) in [6, 6.07) is -0.0526. The molecular formula is C10H18N2O4. The zero-order valence-electron chi connectivity index (χ0n) is 9.84. The van der Waals surface area contributed by atoms with Gasteiger partial charge in [-0.2, -0.15) is 0 Å². The molecule has 1 aliphatic rings. The fourth-order valence-electron chi connectivity index (χ4n) is 1.42. The Morgan fingerprint density at radius 3 is 2.62 bits per heavy atom. The molecule has 0 spiro atoms. The van der Waals surface area contributed by atoms with Crippen molar-refractivity contribution in [2.75, 3.05) is 26.7 Å². The van der Waals surface area contributed by atoms with Crippen molar-refractivity contribution in [3.63, 3.8) is 0 Å². The molecule has 0 bridgehead atoms. The third-order valence-corrected chi connectivity index (χ3v) is 2.69. The number of aliphatic carboxylic acids is 1. The Kier molecular flexibility index (Phi) is 4.12. The molecule has 1 saturated heterocycles. The van der Waals surface area contributed by atoms with E-state index in [1.54, 1.807) is 11.9 Å². The summed E-state index contributed by atoms with van der Waals surface area (Å²) in [4.78, 5) is 25.8. The van der Waals surface area contributed by atoms with Crippen LogP contribution >= 0.6 is 0 Å². The Morgan fingerprint density at radius 2 is 2.12 bits per heavy atom. The van der Waals surface area contributed by atoms with E-state index in [-0.39, 0.29) is 25.2 Å². The van der Waals surface area contributed by atoms with E-state index < -0.39 is 12.1 Å². The lowest BCUT2D eigenvalue weighted by Gasteiger charge is -2.35. The molecule has 16 heavy (non-hydrogen) atoms. The summed E-state index contributed by atoms with van der Waals surface area (Å²) in [6.45, 7) is 4.65. The minimum atomic E-state index is -1.02. The molecule has 2 amide bonds. The van der Waals surface area contributed by atoms with Gasteiger partial charge in [-0.05, 0) is 13.8 Å². The molecule has 0 aromatic heterocycles. The Labute approximate surface area is 94.8 Å². The number of carboxylic acids is 1. The molecule has 1 aliphatic heterocycles. The molecule has 1 atom stereocenters. The van der Waals surface area contributed by atoms with Crippen LogP contribution in [-0.4, -0.2) is 65.8 Å². The lowest BCUT2D eigenvalue weighted by Crippen LogP contribution is -2.53. The molecule has 1 rings (SSSR count). The Balaban J connectivity index is 2.60. The van der Waals surface area contributed by atoms with Crippen LogP contribution in [0.2, 0.25) is 0 Å². The summed E-state index contributed by atoms with van der Waals surface area (Å²) in [5.74, 6) is -1.02. The smallest absolute Gasteiger partial charge is 0.334 e. The van der Waals surface area contributed by atoms with Gasteiger partial charge in [0, 0.05) is 19.6 Å². The normalized spacial score (nSPS) is 21.0. The summed E-state index contributed by atoms with van der Waals surface area (Å²) in [5, 5.41) is 8.81. The monoisotopic (exact) mass is 230 g/mol. The minimum absolute atomic E-state index is 0.0959. The van der Waals surface area contributed by atoms with Crippen LogP contribution in [0.25, 0.3) is 0 Å². The average molecular weight is 230 g/mol. The fourth-order valence-corrected chi connectivity index (χ4v) is 1.42. The predicted molar refractivity (Wildman–Crippen MR) is 57.2 cm³/mol. The van der Waals surface area contributed by atoms with E-state index in [2.05, 4.69) is 0 Å². The maximum atomic E-state index is 11.9. The van der Waals surface area contributed by atoms with E-state index >= 15 is 0 Å². The van der Waals surface area contributed by atoms with Gasteiger partial charge < -0.3 is 19.6 Å². The van der Waals surface area contributed by atoms with Gasteiger partial charge in [0.25, 0.3) is 0 Å². The molecule has 0 aromatic carbocycles. The van der Waals surface area contributed by atoms with Gasteiger partial charge in [0.15, 0.2) is 6.10 Å². The number of hydrogen-bond acceptors (Lipinski definition) is 3. The van der Waals surface area contributed by atoms with E-state index in [1.807, 2.05) is 13.8 Å². The third-order valence-electron chi connectivity index (χ3n) is 2.69. The largest absolute Gasteiger partial charge is 0.479 e. The summed E-state index contributed by atoms with van der Waals surface area (Å²) >= 11 is 0. The van der Waals surface area contributed by atoms with Gasteiger partial charge in [-0.25, -0.2) is 9.59 Å². The second-order valence-electron chi connectivity index (χ2n) is 4.13. The van der Waals surface area contributed by atoms with Crippen LogP contribution in [-0.2, 0) is 9.53 Å². The summed E-state index contributed by atoms with van der Waals surface area (Å²) < 4.78 is 5.05. The van der Waals surface area contributed by atoms with Gasteiger partial charge >= 0.3 is 12.0 Å². The van der Waals surface area contributed by atoms with Crippen LogP contribution in [0.5, 0.6) is 0 Å². The van der Waals surface area contributed by atoms with Gasteiger partial charge in [0.05, 0.1) is 13.2 Å². The lowest BCUT2D eigenvalue weighted by atomic mass is 10.2. The first-order valence-electron chi connectivity index (χ1n) is 5.29. The van der Waals surface area contributed by atoms with E-state index in [4.69, 9.17) is 9.84 Å². The van der Waals surface area contributed by atoms with Gasteiger partial charge in [-0.3, -0.25) is 0 Å². The van der Waals surface area contributed by atoms with Crippen LogP contribution in [0.3, 0.4) is 0 Å². The van der Waals surface area contributed by atoms with Crippen molar-refractivity contribution in [1.82, 2.24) is 9.80 Å². The first-order valence-corrected chi connectivity index (χ1v) is 5.29. The second-order valence-corrected chi connectivity index (χ2v) is 4.13. The van der Waals surface area contributed by atoms with Gasteiger partial charge in [-0.1, -0.05) is 0 Å². The molecule has 0 saturated carbocycles. The topological polar surface area (TPSA) is 70.1 Å². The van der Waals surface area contributed by atoms with Crippen molar-refractivity contribution in [2.24, 2.45) is 0 Å². The quantitative estimate of drug-likeness (QED) is 0.737. The van der Waals surface area contributed by atoms with Crippen molar-refractivity contribution >= 4 is 12.0 Å². The van der Waals surface area contributed by atoms with Crippen molar-refractivity contribution in [1.29, 1.82) is 0 Å². The number of nitrogens with zero attached hydrogens (tertiary/aromatic N) is 2. The van der Waals surface area contributed by atoms with E-state index in [1.165, 1.54) is 4.90 Å². The molecule has 6 heteroatoms. The molecule has 1 heterocycles. The molecule has 0 aromatic rings. The Morgan fingerprint density at radius 1 is 1.50 bits per heavy atom. The highest BCUT2D eigenvalue weighted by Crippen LogP contribution is 2.09. The second kappa shape index (κ2) is 5.16. The van der Waals surface area contributed by atoms with Gasteiger partial charge in [0.1, 0.15) is 0 Å². The highest BCUT2D eigenvalue weighted by Gasteiger charge is 2.30. The molecule has 0 aliphatic carbocycles. The number of carbonyl (C=O) groups is 2. The van der Waals surface area contributed by atoms with Crippen LogP contribution in [0.15, 0.2) is 0 Å². The first kappa shape index (κ1) is 12.8. The Bertz CT molecular complexity index is 280. The van der Waals surface area contributed by atoms with Crippen molar-refractivity contribution in [3.05, 3.63) is 0 Å². The van der Waals surface area contributed by atoms with Crippen LogP contribution in [0.4, 0.5) is 4.79 Å². The van der Waals surface area contributed by atoms with Crippen molar-refractivity contribution in [2.45, 2.75) is 26.0 Å². The molecule has 1 N–H and O–H groups in total. The molecule has 1 unspecified atom stereocenters. The van der Waals surface area contributed by atoms with Gasteiger partial charge in [-0.15, -0.1) is 0 Å². The number of rotatable bonds is 2. The number of amides is 2. The first-order chi connectivity index (χ1) is 7.43. The van der Waals surface area contributed by atoms with Crippen LogP contribution < -0.4 is 0 Å². The van der Waals surface area contributed by atoms with Crippen molar-refractivity contribution in [3.8, 4) is 0 Å². The van der Waals surface area contributed by atoms with E-state index in [0.717, 1.165) is 0 Å². The zero-order chi connectivity index (χ0) is 12.3. The lowest BCUT2D eigenvalue weighted by molar-refractivity contribution is -0.154. The molecular weight excluding hydrogens is 212 g/mol. The van der Waals surface area contributed by atoms with Crippen LogP contribution in [0, 0.1) is 0 Å². The molecule has 6 nitrogen and oxygen atoms in total. The standard InChI is InChI=1S/C10H18N2O4/c1-7(2)11(3)10(15)12-4-5-16-8(6-12)9(13)14/h7-8H,4-6H2,1-3H3,(H,13,14). The van der Waals surface area contributed by atoms with E-state index in [0.29, 0.717) is 6.54 Å². The average Bonchev–Trinajstić information content (AvgIpc) is 2.27. The highest BCUT2D eigenvalue weighted by molar-refractivity contribution is 5.77. The van der Waals surface area contributed by atoms with Crippen molar-refractivity contribution < 1.29 is 19.4 Å². The number of carbonyl (C=O) groups excluding carboxylic acids is 1. The number of ether oxygens (including phenoxy) is 1. The molecule has 1 fully saturated rings. The number of hydrogen-bond donors (Lipinski definition) is 1. The molecule has 0 radical (unpaired) electrons.